The zero-order valence-electron chi connectivity index (χ0n) is 10.6. The molecule has 2 rings (SSSR count). The van der Waals surface area contributed by atoms with Crippen molar-refractivity contribution in [2.45, 2.75) is 25.3 Å². The second-order valence-corrected chi connectivity index (χ2v) is 4.61. The Bertz CT molecular complexity index is 504. The first-order chi connectivity index (χ1) is 9.20. The van der Waals surface area contributed by atoms with E-state index in [0.717, 1.165) is 19.5 Å². The van der Waals surface area contributed by atoms with Crippen LogP contribution in [0.4, 0.5) is 11.4 Å². The molecule has 6 heteroatoms. The van der Waals surface area contributed by atoms with Crippen molar-refractivity contribution in [3.05, 3.63) is 33.9 Å². The first kappa shape index (κ1) is 13.3. The van der Waals surface area contributed by atoms with Gasteiger partial charge in [-0.1, -0.05) is 0 Å². The fourth-order valence-corrected chi connectivity index (χ4v) is 2.28. The van der Waals surface area contributed by atoms with E-state index in [2.05, 4.69) is 10.6 Å². The van der Waals surface area contributed by atoms with Crippen LogP contribution < -0.4 is 10.6 Å². The number of nitrogens with one attached hydrogen (secondary N) is 2. The highest BCUT2D eigenvalue weighted by Crippen LogP contribution is 2.21. The summed E-state index contributed by atoms with van der Waals surface area (Å²) in [5.74, 6) is 0. The Morgan fingerprint density at radius 3 is 3.05 bits per heavy atom. The van der Waals surface area contributed by atoms with Gasteiger partial charge in [-0.3, -0.25) is 10.1 Å². The van der Waals surface area contributed by atoms with Crippen LogP contribution in [0.5, 0.6) is 0 Å². The smallest absolute Gasteiger partial charge is 0.270 e. The SMILES string of the molecule is N#Cc1cc([N+](=O)[O-])ccc1NCC[C@H]1CCCN1. The number of nitro groups is 1. The Hall–Kier alpha value is -2.13. The maximum atomic E-state index is 10.6. The van der Waals surface area contributed by atoms with Crippen LogP contribution in [0, 0.1) is 21.4 Å². The van der Waals surface area contributed by atoms with Crippen molar-refractivity contribution >= 4 is 11.4 Å². The average molecular weight is 260 g/mol. The van der Waals surface area contributed by atoms with Crippen molar-refractivity contribution in [3.8, 4) is 6.07 Å². The van der Waals surface area contributed by atoms with Crippen LogP contribution >= 0.6 is 0 Å². The Morgan fingerprint density at radius 2 is 2.42 bits per heavy atom. The minimum absolute atomic E-state index is 0.0560. The van der Waals surface area contributed by atoms with E-state index in [1.54, 1.807) is 6.07 Å². The number of non-ortho nitro benzene ring substituents is 1. The van der Waals surface area contributed by atoms with Crippen LogP contribution in [0.15, 0.2) is 18.2 Å². The van der Waals surface area contributed by atoms with Crippen molar-refractivity contribution in [2.24, 2.45) is 0 Å². The minimum atomic E-state index is -0.493. The molecule has 19 heavy (non-hydrogen) atoms. The molecule has 0 aromatic heterocycles. The van der Waals surface area contributed by atoms with E-state index in [0.29, 0.717) is 17.3 Å². The fourth-order valence-electron chi connectivity index (χ4n) is 2.28. The van der Waals surface area contributed by atoms with Crippen LogP contribution in [0.25, 0.3) is 0 Å². The largest absolute Gasteiger partial charge is 0.384 e. The molecule has 0 radical (unpaired) electrons. The molecule has 100 valence electrons. The highest BCUT2D eigenvalue weighted by Gasteiger charge is 2.14. The lowest BCUT2D eigenvalue weighted by atomic mass is 10.1. The van der Waals surface area contributed by atoms with Gasteiger partial charge < -0.3 is 10.6 Å². The van der Waals surface area contributed by atoms with E-state index in [1.807, 2.05) is 6.07 Å². The van der Waals surface area contributed by atoms with Gasteiger partial charge in [0.15, 0.2) is 0 Å². The lowest BCUT2D eigenvalue weighted by molar-refractivity contribution is -0.384. The summed E-state index contributed by atoms with van der Waals surface area (Å²) in [5, 5.41) is 26.2. The van der Waals surface area contributed by atoms with E-state index in [1.165, 1.54) is 25.0 Å². The Morgan fingerprint density at radius 1 is 1.58 bits per heavy atom. The number of nitrogens with zero attached hydrogens (tertiary/aromatic N) is 2. The summed E-state index contributed by atoms with van der Waals surface area (Å²) in [6, 6.07) is 6.84. The van der Waals surface area contributed by atoms with E-state index >= 15 is 0 Å². The van der Waals surface area contributed by atoms with Gasteiger partial charge in [0.1, 0.15) is 6.07 Å². The van der Waals surface area contributed by atoms with Crippen molar-refractivity contribution in [3.63, 3.8) is 0 Å². The molecule has 2 N–H and O–H groups in total. The van der Waals surface area contributed by atoms with Crippen LogP contribution in [-0.2, 0) is 0 Å². The predicted octanol–water partition coefficient (Wildman–Crippen LogP) is 2.02. The number of nitriles is 1. The third-order valence-corrected chi connectivity index (χ3v) is 3.31. The first-order valence-corrected chi connectivity index (χ1v) is 6.36. The summed E-state index contributed by atoms with van der Waals surface area (Å²) in [6.07, 6.45) is 3.39. The summed E-state index contributed by atoms with van der Waals surface area (Å²) in [6.45, 7) is 1.83. The van der Waals surface area contributed by atoms with Gasteiger partial charge in [-0.25, -0.2) is 0 Å². The lowest BCUT2D eigenvalue weighted by Gasteiger charge is -2.12. The highest BCUT2D eigenvalue weighted by molar-refractivity contribution is 5.61. The summed E-state index contributed by atoms with van der Waals surface area (Å²) in [5.41, 5.74) is 0.916. The summed E-state index contributed by atoms with van der Waals surface area (Å²) in [4.78, 5) is 10.1. The normalized spacial score (nSPS) is 17.9. The molecule has 0 spiro atoms. The monoisotopic (exact) mass is 260 g/mol. The van der Waals surface area contributed by atoms with E-state index < -0.39 is 4.92 Å². The third kappa shape index (κ3) is 3.42. The van der Waals surface area contributed by atoms with Gasteiger partial charge in [0.25, 0.3) is 5.69 Å². The van der Waals surface area contributed by atoms with Crippen molar-refractivity contribution in [1.29, 1.82) is 5.26 Å². The molecular formula is C13H16N4O2. The quantitative estimate of drug-likeness (QED) is 0.624. The van der Waals surface area contributed by atoms with Gasteiger partial charge >= 0.3 is 0 Å². The second kappa shape index (κ2) is 6.16. The van der Waals surface area contributed by atoms with Crippen LogP contribution in [0.1, 0.15) is 24.8 Å². The fraction of sp³-hybridized carbons (Fsp3) is 0.462. The first-order valence-electron chi connectivity index (χ1n) is 6.36. The molecule has 0 amide bonds. The van der Waals surface area contributed by atoms with Crippen LogP contribution in [0.3, 0.4) is 0 Å². The number of anilines is 1. The van der Waals surface area contributed by atoms with Crippen LogP contribution in [-0.4, -0.2) is 24.1 Å². The van der Waals surface area contributed by atoms with Gasteiger partial charge in [-0.2, -0.15) is 5.26 Å². The molecule has 1 aromatic carbocycles. The molecule has 1 heterocycles. The zero-order chi connectivity index (χ0) is 13.7. The maximum Gasteiger partial charge on any atom is 0.270 e. The maximum absolute atomic E-state index is 10.6. The van der Waals surface area contributed by atoms with Gasteiger partial charge in [-0.05, 0) is 31.9 Å². The van der Waals surface area contributed by atoms with Crippen molar-refractivity contribution < 1.29 is 4.92 Å². The average Bonchev–Trinajstić information content (AvgIpc) is 2.92. The standard InChI is InChI=1S/C13H16N4O2/c14-9-10-8-12(17(18)19)3-4-13(10)16-7-5-11-2-1-6-15-11/h3-4,8,11,15-16H,1-2,5-7H2/t11-/m1/s1. The molecule has 0 bridgehead atoms. The summed E-state index contributed by atoms with van der Waals surface area (Å²) in [7, 11) is 0. The Kier molecular flexibility index (Phi) is 4.31. The molecule has 1 atom stereocenters. The number of hydrogen-bond acceptors (Lipinski definition) is 5. The number of hydrogen-bond donors (Lipinski definition) is 2. The Labute approximate surface area is 111 Å². The number of benzene rings is 1. The molecule has 0 unspecified atom stereocenters. The molecule has 1 fully saturated rings. The number of rotatable bonds is 5. The second-order valence-electron chi connectivity index (χ2n) is 4.61. The van der Waals surface area contributed by atoms with E-state index in [-0.39, 0.29) is 5.69 Å². The van der Waals surface area contributed by atoms with E-state index in [9.17, 15) is 10.1 Å². The van der Waals surface area contributed by atoms with Crippen molar-refractivity contribution in [2.75, 3.05) is 18.4 Å². The minimum Gasteiger partial charge on any atom is -0.384 e. The predicted molar refractivity (Wildman–Crippen MR) is 71.9 cm³/mol. The summed E-state index contributed by atoms with van der Waals surface area (Å²) < 4.78 is 0. The van der Waals surface area contributed by atoms with Gasteiger partial charge in [0.05, 0.1) is 16.2 Å². The molecule has 6 nitrogen and oxygen atoms in total. The molecular weight excluding hydrogens is 244 g/mol. The zero-order valence-corrected chi connectivity index (χ0v) is 10.6. The highest BCUT2D eigenvalue weighted by atomic mass is 16.6. The molecule has 1 aliphatic rings. The van der Waals surface area contributed by atoms with Gasteiger partial charge in [0.2, 0.25) is 0 Å². The molecule has 0 aliphatic carbocycles. The molecule has 1 aromatic rings. The Balaban J connectivity index is 1.95. The molecule has 1 saturated heterocycles. The van der Waals surface area contributed by atoms with Gasteiger partial charge in [-0.15, -0.1) is 0 Å². The van der Waals surface area contributed by atoms with E-state index in [4.69, 9.17) is 5.26 Å². The third-order valence-electron chi connectivity index (χ3n) is 3.31. The van der Waals surface area contributed by atoms with Crippen LogP contribution in [0.2, 0.25) is 0 Å². The van der Waals surface area contributed by atoms with Crippen molar-refractivity contribution in [1.82, 2.24) is 5.32 Å². The summed E-state index contributed by atoms with van der Waals surface area (Å²) >= 11 is 0. The topological polar surface area (TPSA) is 91.0 Å². The lowest BCUT2D eigenvalue weighted by Crippen LogP contribution is -2.24. The number of nitro benzene ring substituents is 1. The van der Waals surface area contributed by atoms with Gasteiger partial charge in [0, 0.05) is 24.7 Å². The molecule has 1 aliphatic heterocycles. The molecule has 0 saturated carbocycles.